The van der Waals surface area contributed by atoms with Gasteiger partial charge in [-0.15, -0.1) is 23.2 Å². The summed E-state index contributed by atoms with van der Waals surface area (Å²) in [5.41, 5.74) is 3.40. The zero-order chi connectivity index (χ0) is 23.8. The Morgan fingerprint density at radius 3 is 1.59 bits per heavy atom. The van der Waals surface area contributed by atoms with Crippen LogP contribution in [0, 0.1) is 11.8 Å². The van der Waals surface area contributed by atoms with Gasteiger partial charge < -0.3 is 5.32 Å². The smallest absolute Gasteiger partial charge is 0.244 e. The molecular weight excluding hydrogens is 495 g/mol. The van der Waals surface area contributed by atoms with Gasteiger partial charge >= 0.3 is 0 Å². The number of halogens is 3. The molecule has 2 atom stereocenters. The van der Waals surface area contributed by atoms with Crippen LogP contribution in [-0.2, 0) is 24.1 Å². The van der Waals surface area contributed by atoms with E-state index in [-0.39, 0.29) is 0 Å². The van der Waals surface area contributed by atoms with E-state index in [0.717, 1.165) is 27.2 Å². The van der Waals surface area contributed by atoms with Gasteiger partial charge in [-0.05, 0) is 46.5 Å². The molecule has 2 bridgehead atoms. The number of carbonyl (C=O) groups is 3. The number of hydrogen-bond donors (Lipinski definition) is 1. The van der Waals surface area contributed by atoms with Gasteiger partial charge in [0.05, 0.1) is 11.8 Å². The average Bonchev–Trinajstić information content (AvgIpc) is 3.10. The van der Waals surface area contributed by atoms with E-state index in [9.17, 15) is 14.4 Å². The topological polar surface area (TPSA) is 66.5 Å². The zero-order valence-corrected chi connectivity index (χ0v) is 19.9. The van der Waals surface area contributed by atoms with Gasteiger partial charge in [0.15, 0.2) is 0 Å². The summed E-state index contributed by atoms with van der Waals surface area (Å²) < 4.78 is 0. The molecule has 1 fully saturated rings. The molecule has 3 aliphatic carbocycles. The Morgan fingerprint density at radius 2 is 1.18 bits per heavy atom. The Kier molecular flexibility index (Phi) is 4.66. The first-order valence-electron chi connectivity index (χ1n) is 10.8. The molecule has 170 valence electrons. The number of imide groups is 1. The third-order valence-electron chi connectivity index (χ3n) is 7.11. The summed E-state index contributed by atoms with van der Waals surface area (Å²) in [6, 6.07) is 21.4. The van der Waals surface area contributed by atoms with Gasteiger partial charge in [-0.3, -0.25) is 19.3 Å². The average molecular weight is 512 g/mol. The van der Waals surface area contributed by atoms with Crippen molar-refractivity contribution in [2.24, 2.45) is 11.8 Å². The van der Waals surface area contributed by atoms with Crippen molar-refractivity contribution in [3.63, 3.8) is 0 Å². The highest BCUT2D eigenvalue weighted by atomic mass is 35.5. The first kappa shape index (κ1) is 21.7. The van der Waals surface area contributed by atoms with E-state index in [0.29, 0.717) is 10.7 Å². The predicted octanol–water partition coefficient (Wildman–Crippen LogP) is 4.87. The van der Waals surface area contributed by atoms with Crippen LogP contribution >= 0.6 is 34.8 Å². The number of rotatable bonds is 3. The van der Waals surface area contributed by atoms with Gasteiger partial charge in [0.2, 0.25) is 17.7 Å². The predicted molar refractivity (Wildman–Crippen MR) is 130 cm³/mol. The minimum atomic E-state index is -1.26. The number of nitrogens with one attached hydrogen (secondary N) is 1. The largest absolute Gasteiger partial charge is 0.325 e. The summed E-state index contributed by atoms with van der Waals surface area (Å²) >= 11 is 20.6. The van der Waals surface area contributed by atoms with Crippen molar-refractivity contribution in [3.05, 3.63) is 100 Å². The first-order valence-corrected chi connectivity index (χ1v) is 11.9. The summed E-state index contributed by atoms with van der Waals surface area (Å²) in [7, 11) is 0. The zero-order valence-electron chi connectivity index (χ0n) is 17.6. The molecule has 0 radical (unpaired) electrons. The maximum Gasteiger partial charge on any atom is 0.244 e. The van der Waals surface area contributed by atoms with Crippen molar-refractivity contribution in [1.82, 2.24) is 4.90 Å². The second-order valence-corrected chi connectivity index (χ2v) is 10.4. The molecule has 3 amide bonds. The van der Waals surface area contributed by atoms with E-state index < -0.39 is 45.9 Å². The van der Waals surface area contributed by atoms with Crippen LogP contribution in [0.2, 0.25) is 5.02 Å². The SMILES string of the molecule is O=C(CN1C(=O)[C@@H]2[C@H](C1=O)C1(Cl)c3ccccc3C2(Cl)c2ccccc21)Nc1ccc(Cl)cc1. The highest BCUT2D eigenvalue weighted by Crippen LogP contribution is 2.69. The number of nitrogens with zero attached hydrogens (tertiary/aromatic N) is 1. The molecule has 0 spiro atoms. The third-order valence-corrected chi connectivity index (χ3v) is 8.64. The highest BCUT2D eigenvalue weighted by Gasteiger charge is 2.73. The van der Waals surface area contributed by atoms with Crippen LogP contribution in [0.5, 0.6) is 0 Å². The van der Waals surface area contributed by atoms with Gasteiger partial charge in [-0.2, -0.15) is 0 Å². The highest BCUT2D eigenvalue weighted by molar-refractivity contribution is 6.36. The van der Waals surface area contributed by atoms with Crippen molar-refractivity contribution in [1.29, 1.82) is 0 Å². The molecule has 0 aromatic heterocycles. The van der Waals surface area contributed by atoms with Crippen LogP contribution in [0.4, 0.5) is 5.69 Å². The number of anilines is 1. The standard InChI is InChI=1S/C26H17Cl3N2O3/c27-14-9-11-15(12-10-14)30-20(32)13-31-23(33)21-22(24(31)34)26(29)17-6-2-1-5-16(17)25(21,28)18-7-3-4-8-19(18)26/h1-12,21-22H,13H2,(H,30,32)/t21-,22+,25?,26?. The van der Waals surface area contributed by atoms with E-state index in [1.165, 1.54) is 0 Å². The van der Waals surface area contributed by atoms with Crippen LogP contribution in [0.1, 0.15) is 22.3 Å². The Hall–Kier alpha value is -2.86. The third kappa shape index (κ3) is 2.66. The number of hydrogen-bond acceptors (Lipinski definition) is 3. The molecule has 4 aliphatic rings. The lowest BCUT2D eigenvalue weighted by Crippen LogP contribution is -2.57. The van der Waals surface area contributed by atoms with Crippen molar-refractivity contribution >= 4 is 58.2 Å². The van der Waals surface area contributed by atoms with E-state index >= 15 is 0 Å². The molecule has 3 aromatic carbocycles. The summed E-state index contributed by atoms with van der Waals surface area (Å²) in [4.78, 5) is 38.6. The molecule has 34 heavy (non-hydrogen) atoms. The fraction of sp³-hybridized carbons (Fsp3) is 0.192. The van der Waals surface area contributed by atoms with Crippen LogP contribution < -0.4 is 5.32 Å². The molecule has 1 N–H and O–H groups in total. The Labute approximate surface area is 210 Å². The van der Waals surface area contributed by atoms with Gasteiger partial charge in [0.1, 0.15) is 16.3 Å². The number of benzene rings is 3. The monoisotopic (exact) mass is 510 g/mol. The Morgan fingerprint density at radius 1 is 0.765 bits per heavy atom. The number of likely N-dealkylation sites (tertiary alicyclic amines) is 1. The second kappa shape index (κ2) is 7.32. The molecule has 7 rings (SSSR count). The number of amides is 3. The molecule has 8 heteroatoms. The van der Waals surface area contributed by atoms with Crippen LogP contribution in [0.15, 0.2) is 72.8 Å². The van der Waals surface area contributed by atoms with Gasteiger partial charge in [-0.25, -0.2) is 0 Å². The molecule has 0 unspecified atom stereocenters. The van der Waals surface area contributed by atoms with E-state index in [2.05, 4.69) is 5.32 Å². The maximum absolute atomic E-state index is 13.7. The summed E-state index contributed by atoms with van der Waals surface area (Å²) in [5.74, 6) is -3.34. The lowest BCUT2D eigenvalue weighted by Gasteiger charge is -2.54. The van der Waals surface area contributed by atoms with E-state index in [1.54, 1.807) is 24.3 Å². The number of carbonyl (C=O) groups excluding carboxylic acids is 3. The molecule has 1 aliphatic heterocycles. The van der Waals surface area contributed by atoms with Crippen molar-refractivity contribution in [2.75, 3.05) is 11.9 Å². The molecule has 1 heterocycles. The molecule has 0 saturated carbocycles. The maximum atomic E-state index is 13.7. The van der Waals surface area contributed by atoms with Gasteiger partial charge in [-0.1, -0.05) is 60.1 Å². The van der Waals surface area contributed by atoms with Gasteiger partial charge in [0.25, 0.3) is 0 Å². The minimum Gasteiger partial charge on any atom is -0.325 e. The fourth-order valence-corrected chi connectivity index (χ4v) is 6.98. The summed E-state index contributed by atoms with van der Waals surface area (Å²) in [6.07, 6.45) is 0. The second-order valence-electron chi connectivity index (χ2n) is 8.79. The molecule has 3 aromatic rings. The number of alkyl halides is 2. The Bertz CT molecular complexity index is 1270. The van der Waals surface area contributed by atoms with Gasteiger partial charge in [0, 0.05) is 10.7 Å². The fourth-order valence-electron chi connectivity index (χ4n) is 5.76. The lowest BCUT2D eigenvalue weighted by molar-refractivity contribution is -0.142. The quantitative estimate of drug-likeness (QED) is 0.403. The summed E-state index contributed by atoms with van der Waals surface area (Å²) in [5, 5.41) is 3.23. The first-order chi connectivity index (χ1) is 16.3. The molecule has 1 saturated heterocycles. The molecular formula is C26H17Cl3N2O3. The lowest BCUT2D eigenvalue weighted by atomic mass is 9.54. The van der Waals surface area contributed by atoms with Crippen molar-refractivity contribution < 1.29 is 14.4 Å². The van der Waals surface area contributed by atoms with Crippen molar-refractivity contribution in [3.8, 4) is 0 Å². The summed E-state index contributed by atoms with van der Waals surface area (Å²) in [6.45, 7) is -0.431. The van der Waals surface area contributed by atoms with Crippen LogP contribution in [-0.4, -0.2) is 29.2 Å². The Balaban J connectivity index is 1.42. The minimum absolute atomic E-state index is 0.431. The molecule has 5 nitrogen and oxygen atoms in total. The van der Waals surface area contributed by atoms with Crippen LogP contribution in [0.25, 0.3) is 0 Å². The van der Waals surface area contributed by atoms with E-state index in [4.69, 9.17) is 34.8 Å². The van der Waals surface area contributed by atoms with E-state index in [1.807, 2.05) is 48.5 Å². The van der Waals surface area contributed by atoms with Crippen LogP contribution in [0.3, 0.4) is 0 Å². The van der Waals surface area contributed by atoms with Crippen molar-refractivity contribution in [2.45, 2.75) is 9.75 Å². The normalized spacial score (nSPS) is 28.4.